The minimum atomic E-state index is 0.469. The summed E-state index contributed by atoms with van der Waals surface area (Å²) < 4.78 is 2.00. The van der Waals surface area contributed by atoms with Crippen molar-refractivity contribution >= 4 is 0 Å². The largest absolute Gasteiger partial charge is 0.330 e. The van der Waals surface area contributed by atoms with Gasteiger partial charge < -0.3 is 5.73 Å². The maximum Gasteiger partial charge on any atom is 0.0624 e. The summed E-state index contributed by atoms with van der Waals surface area (Å²) in [7, 11) is 2.02. The van der Waals surface area contributed by atoms with Crippen molar-refractivity contribution in [2.45, 2.75) is 33.1 Å². The van der Waals surface area contributed by atoms with Crippen LogP contribution >= 0.6 is 0 Å². The molecule has 1 atom stereocenters. The van der Waals surface area contributed by atoms with E-state index in [2.05, 4.69) is 49.3 Å². The summed E-state index contributed by atoms with van der Waals surface area (Å²) in [4.78, 5) is 0. The van der Waals surface area contributed by atoms with Crippen LogP contribution < -0.4 is 5.73 Å². The highest BCUT2D eigenvalue weighted by molar-refractivity contribution is 5.26. The molecule has 0 aliphatic rings. The Morgan fingerprint density at radius 1 is 1.25 bits per heavy atom. The summed E-state index contributed by atoms with van der Waals surface area (Å²) in [6.45, 7) is 5.02. The van der Waals surface area contributed by atoms with E-state index in [-0.39, 0.29) is 0 Å². The molecule has 0 bridgehead atoms. The first-order chi connectivity index (χ1) is 9.63. The molecule has 0 fully saturated rings. The average molecular weight is 271 g/mol. The van der Waals surface area contributed by atoms with Gasteiger partial charge in [-0.2, -0.15) is 5.10 Å². The van der Waals surface area contributed by atoms with E-state index in [0.717, 1.165) is 25.0 Å². The predicted octanol–water partition coefficient (Wildman–Crippen LogP) is 2.65. The fourth-order valence-electron chi connectivity index (χ4n) is 2.62. The Hall–Kier alpha value is -1.61. The zero-order valence-corrected chi connectivity index (χ0v) is 12.8. The molecule has 1 aromatic heterocycles. The molecule has 0 aliphatic carbocycles. The quantitative estimate of drug-likeness (QED) is 0.878. The molecule has 0 saturated carbocycles. The highest BCUT2D eigenvalue weighted by Gasteiger charge is 2.13. The first-order valence-electron chi connectivity index (χ1n) is 7.40. The van der Waals surface area contributed by atoms with Gasteiger partial charge in [-0.15, -0.1) is 0 Å². The maximum absolute atomic E-state index is 5.98. The van der Waals surface area contributed by atoms with Crippen LogP contribution in [0, 0.1) is 12.8 Å². The minimum absolute atomic E-state index is 0.469. The Bertz CT molecular complexity index is 557. The third-order valence-corrected chi connectivity index (χ3v) is 3.99. The summed E-state index contributed by atoms with van der Waals surface area (Å²) in [6, 6.07) is 10.8. The van der Waals surface area contributed by atoms with Gasteiger partial charge >= 0.3 is 0 Å². The third kappa shape index (κ3) is 3.48. The van der Waals surface area contributed by atoms with Crippen LogP contribution in [0.5, 0.6) is 0 Å². The Kier molecular flexibility index (Phi) is 4.96. The van der Waals surface area contributed by atoms with Gasteiger partial charge in [0.2, 0.25) is 0 Å². The zero-order chi connectivity index (χ0) is 14.5. The van der Waals surface area contributed by atoms with Crippen LogP contribution in [0.3, 0.4) is 0 Å². The lowest BCUT2D eigenvalue weighted by Gasteiger charge is -2.16. The average Bonchev–Trinajstić information content (AvgIpc) is 2.81. The Morgan fingerprint density at radius 2 is 2.00 bits per heavy atom. The number of hydrogen-bond donors (Lipinski definition) is 1. The molecule has 20 heavy (non-hydrogen) atoms. The van der Waals surface area contributed by atoms with E-state index in [1.807, 2.05) is 11.7 Å². The molecule has 108 valence electrons. The van der Waals surface area contributed by atoms with Gasteiger partial charge in [-0.3, -0.25) is 4.68 Å². The molecule has 3 heteroatoms. The summed E-state index contributed by atoms with van der Waals surface area (Å²) in [6.07, 6.45) is 3.02. The van der Waals surface area contributed by atoms with Crippen molar-refractivity contribution in [1.82, 2.24) is 9.78 Å². The number of aryl methyl sites for hydroxylation is 3. The fraction of sp³-hybridized carbons (Fsp3) is 0.471. The van der Waals surface area contributed by atoms with Gasteiger partial charge in [0.25, 0.3) is 0 Å². The number of hydrogen-bond acceptors (Lipinski definition) is 2. The minimum Gasteiger partial charge on any atom is -0.330 e. The molecule has 0 amide bonds. The lowest BCUT2D eigenvalue weighted by molar-refractivity contribution is 0.509. The molecule has 1 heterocycles. The molecule has 0 aliphatic heterocycles. The van der Waals surface area contributed by atoms with Gasteiger partial charge in [0.1, 0.15) is 0 Å². The standard InChI is InChI=1S/C17H25N3/c1-4-16-11-17(20(3)19-16)10-14(12-18)9-15-8-6-5-7-13(15)2/h5-8,11,14H,4,9-10,12,18H2,1-3H3. The molecule has 2 N–H and O–H groups in total. The second kappa shape index (κ2) is 6.71. The van der Waals surface area contributed by atoms with Crippen molar-refractivity contribution in [3.8, 4) is 0 Å². The van der Waals surface area contributed by atoms with E-state index in [0.29, 0.717) is 12.5 Å². The van der Waals surface area contributed by atoms with Gasteiger partial charge in [0.05, 0.1) is 5.69 Å². The van der Waals surface area contributed by atoms with E-state index in [9.17, 15) is 0 Å². The maximum atomic E-state index is 5.98. The fourth-order valence-corrected chi connectivity index (χ4v) is 2.62. The van der Waals surface area contributed by atoms with Gasteiger partial charge in [-0.1, -0.05) is 31.2 Å². The highest BCUT2D eigenvalue weighted by atomic mass is 15.3. The highest BCUT2D eigenvalue weighted by Crippen LogP contribution is 2.17. The molecule has 2 aromatic rings. The molecule has 0 saturated heterocycles. The Morgan fingerprint density at radius 3 is 2.60 bits per heavy atom. The molecule has 2 rings (SSSR count). The van der Waals surface area contributed by atoms with Crippen LogP contribution in [0.4, 0.5) is 0 Å². The normalized spacial score (nSPS) is 12.6. The number of nitrogens with two attached hydrogens (primary N) is 1. The number of aromatic nitrogens is 2. The van der Waals surface area contributed by atoms with Crippen molar-refractivity contribution in [3.05, 3.63) is 52.8 Å². The first kappa shape index (κ1) is 14.8. The molecule has 1 aromatic carbocycles. The second-order valence-corrected chi connectivity index (χ2v) is 5.54. The van der Waals surface area contributed by atoms with E-state index < -0.39 is 0 Å². The van der Waals surface area contributed by atoms with Crippen LogP contribution in [0.1, 0.15) is 29.4 Å². The molecular weight excluding hydrogens is 246 g/mol. The van der Waals surface area contributed by atoms with Crippen molar-refractivity contribution in [2.24, 2.45) is 18.7 Å². The van der Waals surface area contributed by atoms with Crippen LogP contribution in [0.2, 0.25) is 0 Å². The van der Waals surface area contributed by atoms with Crippen molar-refractivity contribution in [2.75, 3.05) is 6.54 Å². The van der Waals surface area contributed by atoms with E-state index in [1.165, 1.54) is 16.8 Å². The Labute approximate surface area is 121 Å². The third-order valence-electron chi connectivity index (χ3n) is 3.99. The summed E-state index contributed by atoms with van der Waals surface area (Å²) in [5.41, 5.74) is 11.2. The van der Waals surface area contributed by atoms with Crippen LogP contribution in [0.15, 0.2) is 30.3 Å². The molecule has 3 nitrogen and oxygen atoms in total. The summed E-state index contributed by atoms with van der Waals surface area (Å²) in [5, 5.41) is 4.52. The molecule has 0 spiro atoms. The van der Waals surface area contributed by atoms with Crippen molar-refractivity contribution in [3.63, 3.8) is 0 Å². The monoisotopic (exact) mass is 271 g/mol. The summed E-state index contributed by atoms with van der Waals surface area (Å²) >= 11 is 0. The molecular formula is C17H25N3. The number of nitrogens with zero attached hydrogens (tertiary/aromatic N) is 2. The van der Waals surface area contributed by atoms with Crippen molar-refractivity contribution < 1.29 is 0 Å². The zero-order valence-electron chi connectivity index (χ0n) is 12.8. The summed E-state index contributed by atoms with van der Waals surface area (Å²) in [5.74, 6) is 0.469. The van der Waals surface area contributed by atoms with E-state index >= 15 is 0 Å². The SMILES string of the molecule is CCc1cc(CC(CN)Cc2ccccc2C)n(C)n1. The molecule has 0 radical (unpaired) electrons. The lowest BCUT2D eigenvalue weighted by Crippen LogP contribution is -2.21. The van der Waals surface area contributed by atoms with Crippen LogP contribution in [-0.4, -0.2) is 16.3 Å². The molecule has 1 unspecified atom stereocenters. The predicted molar refractivity (Wildman–Crippen MR) is 83.7 cm³/mol. The van der Waals surface area contributed by atoms with E-state index in [4.69, 9.17) is 5.73 Å². The smallest absolute Gasteiger partial charge is 0.0624 e. The second-order valence-electron chi connectivity index (χ2n) is 5.54. The van der Waals surface area contributed by atoms with Crippen molar-refractivity contribution in [1.29, 1.82) is 0 Å². The van der Waals surface area contributed by atoms with Crippen LogP contribution in [0.25, 0.3) is 0 Å². The lowest BCUT2D eigenvalue weighted by atomic mass is 9.92. The number of rotatable bonds is 6. The first-order valence-corrected chi connectivity index (χ1v) is 7.40. The van der Waals surface area contributed by atoms with Gasteiger partial charge in [-0.05, 0) is 55.8 Å². The van der Waals surface area contributed by atoms with Crippen LogP contribution in [-0.2, 0) is 26.3 Å². The van der Waals surface area contributed by atoms with E-state index in [1.54, 1.807) is 0 Å². The number of benzene rings is 1. The topological polar surface area (TPSA) is 43.8 Å². The van der Waals surface area contributed by atoms with Gasteiger partial charge in [0.15, 0.2) is 0 Å². The Balaban J connectivity index is 2.09. The van der Waals surface area contributed by atoms with Gasteiger partial charge in [0, 0.05) is 12.7 Å². The van der Waals surface area contributed by atoms with Gasteiger partial charge in [-0.25, -0.2) is 0 Å².